The van der Waals surface area contributed by atoms with Crippen LogP contribution in [0.15, 0.2) is 0 Å². The molecule has 1 aliphatic rings. The molecule has 15 heavy (non-hydrogen) atoms. The molecule has 0 saturated heterocycles. The second kappa shape index (κ2) is 6.80. The zero-order chi connectivity index (χ0) is 11.1. The molecule has 1 unspecified atom stereocenters. The molecule has 1 atom stereocenters. The molecule has 1 rings (SSSR count). The van der Waals surface area contributed by atoms with Crippen molar-refractivity contribution in [3.05, 3.63) is 0 Å². The molecule has 0 spiro atoms. The van der Waals surface area contributed by atoms with Crippen molar-refractivity contribution < 1.29 is 19.7 Å². The van der Waals surface area contributed by atoms with Gasteiger partial charge < -0.3 is 14.9 Å². The average molecular weight is 216 g/mol. The Hall–Kier alpha value is -0.610. The molecule has 0 aliphatic heterocycles. The van der Waals surface area contributed by atoms with Crippen LogP contribution < -0.4 is 0 Å². The van der Waals surface area contributed by atoms with Gasteiger partial charge in [-0.1, -0.05) is 12.8 Å². The van der Waals surface area contributed by atoms with Gasteiger partial charge in [0.05, 0.1) is 19.1 Å². The van der Waals surface area contributed by atoms with Crippen molar-refractivity contribution in [2.24, 2.45) is 11.8 Å². The lowest BCUT2D eigenvalue weighted by Gasteiger charge is -2.18. The van der Waals surface area contributed by atoms with Crippen LogP contribution in [0.4, 0.5) is 0 Å². The fourth-order valence-electron chi connectivity index (χ4n) is 2.30. The molecule has 2 N–H and O–H groups in total. The maximum atomic E-state index is 11.0. The fraction of sp³-hybridized carbons (Fsp3) is 0.909. The van der Waals surface area contributed by atoms with E-state index in [1.165, 1.54) is 0 Å². The third kappa shape index (κ3) is 4.18. The van der Waals surface area contributed by atoms with Gasteiger partial charge >= 0.3 is 5.97 Å². The largest absolute Gasteiger partial charge is 0.481 e. The first-order valence-corrected chi connectivity index (χ1v) is 5.67. The number of rotatable bonds is 7. The summed E-state index contributed by atoms with van der Waals surface area (Å²) >= 11 is 0. The Balaban J connectivity index is 2.27. The van der Waals surface area contributed by atoms with Crippen molar-refractivity contribution in [1.29, 1.82) is 0 Å². The van der Waals surface area contributed by atoms with E-state index in [2.05, 4.69) is 0 Å². The van der Waals surface area contributed by atoms with Crippen molar-refractivity contribution in [2.75, 3.05) is 19.8 Å². The lowest BCUT2D eigenvalue weighted by atomic mass is 9.88. The highest BCUT2D eigenvalue weighted by atomic mass is 16.5. The van der Waals surface area contributed by atoms with Gasteiger partial charge in [0.15, 0.2) is 0 Å². The van der Waals surface area contributed by atoms with Crippen molar-refractivity contribution in [3.63, 3.8) is 0 Å². The molecule has 1 fully saturated rings. The quantitative estimate of drug-likeness (QED) is 0.629. The maximum absolute atomic E-state index is 11.0. The molecular formula is C11H20O4. The minimum Gasteiger partial charge on any atom is -0.481 e. The molecule has 0 radical (unpaired) electrons. The monoisotopic (exact) mass is 216 g/mol. The van der Waals surface area contributed by atoms with Crippen LogP contribution in [0.2, 0.25) is 0 Å². The van der Waals surface area contributed by atoms with Gasteiger partial charge in [0.1, 0.15) is 0 Å². The van der Waals surface area contributed by atoms with Crippen molar-refractivity contribution in [2.45, 2.75) is 32.1 Å². The van der Waals surface area contributed by atoms with E-state index in [0.717, 1.165) is 25.7 Å². The Kier molecular flexibility index (Phi) is 5.65. The summed E-state index contributed by atoms with van der Waals surface area (Å²) in [7, 11) is 0. The molecule has 4 heteroatoms. The highest BCUT2D eigenvalue weighted by Crippen LogP contribution is 2.33. The normalized spacial score (nSPS) is 19.3. The van der Waals surface area contributed by atoms with Gasteiger partial charge in [0, 0.05) is 6.61 Å². The lowest BCUT2D eigenvalue weighted by molar-refractivity contribution is -0.144. The summed E-state index contributed by atoms with van der Waals surface area (Å²) in [5.41, 5.74) is 0. The number of hydrogen-bond donors (Lipinski definition) is 2. The molecule has 0 aromatic heterocycles. The molecule has 4 nitrogen and oxygen atoms in total. The van der Waals surface area contributed by atoms with Gasteiger partial charge in [-0.05, 0) is 25.2 Å². The smallest absolute Gasteiger partial charge is 0.306 e. The van der Waals surface area contributed by atoms with Crippen molar-refractivity contribution in [3.8, 4) is 0 Å². The Morgan fingerprint density at radius 1 is 1.33 bits per heavy atom. The Labute approximate surface area is 90.2 Å². The number of aliphatic hydroxyl groups is 1. The second-order valence-electron chi connectivity index (χ2n) is 4.11. The van der Waals surface area contributed by atoms with E-state index in [1.54, 1.807) is 0 Å². The number of carbonyl (C=O) groups is 1. The van der Waals surface area contributed by atoms with Crippen LogP contribution in [-0.4, -0.2) is 36.0 Å². The zero-order valence-electron chi connectivity index (χ0n) is 9.02. The standard InChI is InChI=1S/C11H20O4/c12-6-8-15-7-5-10(11(13)14)9-3-1-2-4-9/h9-10,12H,1-8H2,(H,13,14). The van der Waals surface area contributed by atoms with Crippen LogP contribution in [0, 0.1) is 11.8 Å². The molecule has 1 saturated carbocycles. The number of ether oxygens (including phenoxy) is 1. The summed E-state index contributed by atoms with van der Waals surface area (Å²) in [6.07, 6.45) is 4.96. The van der Waals surface area contributed by atoms with Gasteiger partial charge in [-0.2, -0.15) is 0 Å². The molecule has 0 bridgehead atoms. The predicted octanol–water partition coefficient (Wildman–Crippen LogP) is 1.28. The van der Waals surface area contributed by atoms with E-state index >= 15 is 0 Å². The first-order valence-electron chi connectivity index (χ1n) is 5.67. The van der Waals surface area contributed by atoms with Crippen molar-refractivity contribution >= 4 is 5.97 Å². The molecule has 88 valence electrons. The van der Waals surface area contributed by atoms with E-state index in [0.29, 0.717) is 25.6 Å². The van der Waals surface area contributed by atoms with Crippen LogP contribution >= 0.6 is 0 Å². The summed E-state index contributed by atoms with van der Waals surface area (Å²) in [4.78, 5) is 11.0. The van der Waals surface area contributed by atoms with Gasteiger partial charge in [0.25, 0.3) is 0 Å². The van der Waals surface area contributed by atoms with Gasteiger partial charge in [-0.3, -0.25) is 4.79 Å². The minimum absolute atomic E-state index is 0.00116. The van der Waals surface area contributed by atoms with Crippen LogP contribution in [0.25, 0.3) is 0 Å². The molecule has 0 amide bonds. The summed E-state index contributed by atoms with van der Waals surface area (Å²) in [5, 5.41) is 17.6. The Bertz CT molecular complexity index is 187. The Morgan fingerprint density at radius 3 is 2.53 bits per heavy atom. The molecule has 1 aliphatic carbocycles. The Morgan fingerprint density at radius 2 is 2.00 bits per heavy atom. The molecular weight excluding hydrogens is 196 g/mol. The number of hydrogen-bond acceptors (Lipinski definition) is 3. The van der Waals surface area contributed by atoms with E-state index < -0.39 is 5.97 Å². The van der Waals surface area contributed by atoms with E-state index in [1.807, 2.05) is 0 Å². The van der Waals surface area contributed by atoms with E-state index in [-0.39, 0.29) is 12.5 Å². The summed E-state index contributed by atoms with van der Waals surface area (Å²) in [6.45, 7) is 0.742. The highest BCUT2D eigenvalue weighted by molar-refractivity contribution is 5.70. The topological polar surface area (TPSA) is 66.8 Å². The molecule has 0 aromatic rings. The lowest BCUT2D eigenvalue weighted by Crippen LogP contribution is -2.23. The number of carboxylic acids is 1. The number of carboxylic acid groups (broad SMARTS) is 1. The highest BCUT2D eigenvalue weighted by Gasteiger charge is 2.29. The van der Waals surface area contributed by atoms with Crippen LogP contribution in [0.1, 0.15) is 32.1 Å². The van der Waals surface area contributed by atoms with E-state index in [9.17, 15) is 4.79 Å². The summed E-state index contributed by atoms with van der Waals surface area (Å²) < 4.78 is 5.11. The SMILES string of the molecule is O=C(O)C(CCOCCO)C1CCCC1. The van der Waals surface area contributed by atoms with Crippen LogP contribution in [-0.2, 0) is 9.53 Å². The maximum Gasteiger partial charge on any atom is 0.306 e. The molecule has 0 aromatic carbocycles. The number of aliphatic hydroxyl groups excluding tert-OH is 1. The van der Waals surface area contributed by atoms with Crippen molar-refractivity contribution in [1.82, 2.24) is 0 Å². The second-order valence-corrected chi connectivity index (χ2v) is 4.11. The van der Waals surface area contributed by atoms with Gasteiger partial charge in [-0.15, -0.1) is 0 Å². The van der Waals surface area contributed by atoms with Gasteiger partial charge in [-0.25, -0.2) is 0 Å². The van der Waals surface area contributed by atoms with E-state index in [4.69, 9.17) is 14.9 Å². The summed E-state index contributed by atoms with van der Waals surface area (Å²) in [5.74, 6) is -0.624. The number of aliphatic carboxylic acids is 1. The van der Waals surface area contributed by atoms with Crippen LogP contribution in [0.5, 0.6) is 0 Å². The zero-order valence-corrected chi connectivity index (χ0v) is 9.02. The third-order valence-electron chi connectivity index (χ3n) is 3.09. The average Bonchev–Trinajstić information content (AvgIpc) is 2.70. The third-order valence-corrected chi connectivity index (χ3v) is 3.09. The van der Waals surface area contributed by atoms with Crippen LogP contribution in [0.3, 0.4) is 0 Å². The predicted molar refractivity (Wildman–Crippen MR) is 55.6 cm³/mol. The first-order chi connectivity index (χ1) is 7.25. The fourth-order valence-corrected chi connectivity index (χ4v) is 2.30. The minimum atomic E-state index is -0.700. The van der Waals surface area contributed by atoms with Gasteiger partial charge in [0.2, 0.25) is 0 Å². The first kappa shape index (κ1) is 12.5. The summed E-state index contributed by atoms with van der Waals surface area (Å²) in [6, 6.07) is 0. The molecule has 0 heterocycles.